The van der Waals surface area contributed by atoms with Crippen LogP contribution in [0.25, 0.3) is 21.5 Å². The Morgan fingerprint density at radius 1 is 1.12 bits per heavy atom. The first-order valence-electron chi connectivity index (χ1n) is 8.17. The molecule has 26 heavy (non-hydrogen) atoms. The number of H-pyrrole nitrogens is 1. The molecule has 2 amide bonds. The van der Waals surface area contributed by atoms with Crippen molar-refractivity contribution in [3.05, 3.63) is 66.4 Å². The summed E-state index contributed by atoms with van der Waals surface area (Å²) in [5.41, 5.74) is 3.13. The van der Waals surface area contributed by atoms with Gasteiger partial charge in [0.2, 0.25) is 5.13 Å². The van der Waals surface area contributed by atoms with E-state index in [-0.39, 0.29) is 6.03 Å². The number of carbonyl (C=O) groups is 1. The van der Waals surface area contributed by atoms with Crippen molar-refractivity contribution < 1.29 is 4.79 Å². The van der Waals surface area contributed by atoms with E-state index in [1.165, 1.54) is 11.3 Å². The van der Waals surface area contributed by atoms with E-state index in [0.29, 0.717) is 11.7 Å². The Morgan fingerprint density at radius 2 is 1.96 bits per heavy atom. The number of fused-ring (bicyclic) bond motifs is 1. The minimum atomic E-state index is -0.215. The van der Waals surface area contributed by atoms with Gasteiger partial charge in [0.05, 0.1) is 0 Å². The minimum Gasteiger partial charge on any atom is -0.361 e. The van der Waals surface area contributed by atoms with Gasteiger partial charge in [-0.15, -0.1) is 10.2 Å². The van der Waals surface area contributed by atoms with Crippen molar-refractivity contribution in [2.24, 2.45) is 0 Å². The molecule has 0 aliphatic heterocycles. The summed E-state index contributed by atoms with van der Waals surface area (Å²) in [4.78, 5) is 17.3. The van der Waals surface area contributed by atoms with E-state index in [1.807, 2.05) is 60.8 Å². The van der Waals surface area contributed by atoms with Crippen LogP contribution in [0.2, 0.25) is 0 Å². The topological polar surface area (TPSA) is 73.9 Å². The summed E-state index contributed by atoms with van der Waals surface area (Å²) in [6.07, 6.45) is 1.90. The van der Waals surface area contributed by atoms with Crippen LogP contribution in [0.4, 0.5) is 9.93 Å². The number of carbonyl (C=O) groups excluding carboxylic acids is 1. The van der Waals surface area contributed by atoms with Crippen molar-refractivity contribution in [2.45, 2.75) is 6.54 Å². The van der Waals surface area contributed by atoms with Crippen LogP contribution in [0.15, 0.2) is 60.8 Å². The molecule has 2 aromatic heterocycles. The largest absolute Gasteiger partial charge is 0.361 e. The number of aromatic amines is 1. The molecule has 0 fully saturated rings. The van der Waals surface area contributed by atoms with Crippen LogP contribution in [-0.4, -0.2) is 33.2 Å². The first-order chi connectivity index (χ1) is 12.7. The lowest BCUT2D eigenvalue weighted by Gasteiger charge is -2.17. The Morgan fingerprint density at radius 3 is 2.81 bits per heavy atom. The maximum atomic E-state index is 12.5. The molecule has 0 aliphatic carbocycles. The van der Waals surface area contributed by atoms with E-state index >= 15 is 0 Å². The van der Waals surface area contributed by atoms with Gasteiger partial charge >= 0.3 is 6.03 Å². The quantitative estimate of drug-likeness (QED) is 0.566. The molecule has 0 spiro atoms. The average molecular weight is 363 g/mol. The average Bonchev–Trinajstić information content (AvgIpc) is 3.32. The molecule has 2 heterocycles. The van der Waals surface area contributed by atoms with Crippen LogP contribution >= 0.6 is 11.3 Å². The first kappa shape index (κ1) is 16.3. The highest BCUT2D eigenvalue weighted by molar-refractivity contribution is 7.18. The van der Waals surface area contributed by atoms with Gasteiger partial charge in [-0.3, -0.25) is 5.32 Å². The van der Waals surface area contributed by atoms with E-state index in [4.69, 9.17) is 0 Å². The Hall–Kier alpha value is -3.19. The van der Waals surface area contributed by atoms with Gasteiger partial charge in [-0.25, -0.2) is 4.79 Å². The van der Waals surface area contributed by atoms with Crippen molar-refractivity contribution in [1.82, 2.24) is 20.1 Å². The lowest BCUT2D eigenvalue weighted by molar-refractivity contribution is 0.221. The van der Waals surface area contributed by atoms with Crippen molar-refractivity contribution >= 4 is 33.4 Å². The zero-order chi connectivity index (χ0) is 17.9. The number of rotatable bonds is 4. The fraction of sp³-hybridized carbons (Fsp3) is 0.105. The second-order valence-corrected chi connectivity index (χ2v) is 6.90. The van der Waals surface area contributed by atoms with Gasteiger partial charge in [0.15, 0.2) is 0 Å². The number of aromatic nitrogens is 3. The van der Waals surface area contributed by atoms with E-state index in [9.17, 15) is 4.79 Å². The molecule has 2 N–H and O–H groups in total. The van der Waals surface area contributed by atoms with Crippen LogP contribution in [0.3, 0.4) is 0 Å². The lowest BCUT2D eigenvalue weighted by Crippen LogP contribution is -2.30. The number of benzene rings is 2. The summed E-state index contributed by atoms with van der Waals surface area (Å²) in [5.74, 6) is 0. The summed E-state index contributed by atoms with van der Waals surface area (Å²) >= 11 is 1.36. The zero-order valence-corrected chi connectivity index (χ0v) is 15.0. The molecule has 0 aliphatic rings. The van der Waals surface area contributed by atoms with Crippen molar-refractivity contribution in [3.63, 3.8) is 0 Å². The van der Waals surface area contributed by atoms with Crippen LogP contribution in [0, 0.1) is 0 Å². The molecule has 0 atom stereocenters. The second-order valence-electron chi connectivity index (χ2n) is 5.92. The smallest absolute Gasteiger partial charge is 0.323 e. The molecule has 0 radical (unpaired) electrons. The third-order valence-corrected chi connectivity index (χ3v) is 4.99. The second kappa shape index (κ2) is 6.97. The molecular weight excluding hydrogens is 346 g/mol. The zero-order valence-electron chi connectivity index (χ0n) is 14.1. The van der Waals surface area contributed by atoms with Gasteiger partial charge in [-0.1, -0.05) is 53.8 Å². The predicted molar refractivity (Wildman–Crippen MR) is 104 cm³/mol. The number of nitrogens with zero attached hydrogens (tertiary/aromatic N) is 3. The maximum absolute atomic E-state index is 12.5. The summed E-state index contributed by atoms with van der Waals surface area (Å²) in [7, 11) is 1.76. The number of anilines is 1. The predicted octanol–water partition coefficient (Wildman–Crippen LogP) is 4.35. The van der Waals surface area contributed by atoms with Crippen molar-refractivity contribution in [1.29, 1.82) is 0 Å². The summed E-state index contributed by atoms with van der Waals surface area (Å²) in [6.45, 7) is 0.505. The molecule has 0 saturated heterocycles. The number of amides is 2. The summed E-state index contributed by atoms with van der Waals surface area (Å²) in [5, 5.41) is 13.4. The van der Waals surface area contributed by atoms with Gasteiger partial charge in [-0.2, -0.15) is 0 Å². The summed E-state index contributed by atoms with van der Waals surface area (Å²) in [6, 6.07) is 17.6. The number of nitrogens with one attached hydrogen (secondary N) is 2. The molecule has 4 aromatic rings. The Kier molecular flexibility index (Phi) is 4.37. The van der Waals surface area contributed by atoms with Gasteiger partial charge < -0.3 is 9.88 Å². The lowest BCUT2D eigenvalue weighted by atomic mass is 10.1. The molecule has 2 aromatic carbocycles. The highest BCUT2D eigenvalue weighted by atomic mass is 32.1. The van der Waals surface area contributed by atoms with Crippen molar-refractivity contribution in [2.75, 3.05) is 12.4 Å². The summed E-state index contributed by atoms with van der Waals surface area (Å²) < 4.78 is 0. The third kappa shape index (κ3) is 3.29. The van der Waals surface area contributed by atoms with E-state index in [0.717, 1.165) is 27.0 Å². The number of hydrogen-bond donors (Lipinski definition) is 2. The van der Waals surface area contributed by atoms with E-state index in [2.05, 4.69) is 20.5 Å². The van der Waals surface area contributed by atoms with Crippen LogP contribution in [-0.2, 0) is 6.54 Å². The third-order valence-electron chi connectivity index (χ3n) is 4.10. The fourth-order valence-corrected chi connectivity index (χ4v) is 3.51. The van der Waals surface area contributed by atoms with Gasteiger partial charge in [0, 0.05) is 36.3 Å². The minimum absolute atomic E-state index is 0.215. The monoisotopic (exact) mass is 363 g/mol. The van der Waals surface area contributed by atoms with E-state index < -0.39 is 0 Å². The molecule has 0 saturated carbocycles. The molecular formula is C19H17N5OS. The standard InChI is InChI=1S/C19H17N5OS/c1-24(12-14-8-5-9-16-15(14)10-11-20-16)19(25)21-18-23-22-17(26-18)13-6-3-2-4-7-13/h2-11,20H,12H2,1H3,(H,21,23,25). The molecule has 0 unspecified atom stereocenters. The Bertz CT molecular complexity index is 1040. The van der Waals surface area contributed by atoms with Crippen molar-refractivity contribution in [3.8, 4) is 10.6 Å². The number of urea groups is 1. The van der Waals surface area contributed by atoms with Gasteiger partial charge in [-0.05, 0) is 17.7 Å². The molecule has 6 nitrogen and oxygen atoms in total. The molecule has 7 heteroatoms. The maximum Gasteiger partial charge on any atom is 0.323 e. The highest BCUT2D eigenvalue weighted by Gasteiger charge is 2.14. The van der Waals surface area contributed by atoms with E-state index in [1.54, 1.807) is 11.9 Å². The molecule has 130 valence electrons. The van der Waals surface area contributed by atoms with Crippen LogP contribution in [0.1, 0.15) is 5.56 Å². The Balaban J connectivity index is 1.45. The van der Waals surface area contributed by atoms with Crippen LogP contribution in [0.5, 0.6) is 0 Å². The van der Waals surface area contributed by atoms with Gasteiger partial charge in [0.1, 0.15) is 5.01 Å². The highest BCUT2D eigenvalue weighted by Crippen LogP contribution is 2.26. The SMILES string of the molecule is CN(Cc1cccc2[nH]ccc12)C(=O)Nc1nnc(-c2ccccc2)s1. The molecule has 4 rings (SSSR count). The first-order valence-corrected chi connectivity index (χ1v) is 8.98. The molecule has 0 bridgehead atoms. The Labute approximate surface area is 154 Å². The number of hydrogen-bond acceptors (Lipinski definition) is 4. The normalized spacial score (nSPS) is 10.8. The van der Waals surface area contributed by atoms with Crippen LogP contribution < -0.4 is 5.32 Å². The fourth-order valence-electron chi connectivity index (χ4n) is 2.77. The van der Waals surface area contributed by atoms with Gasteiger partial charge in [0.25, 0.3) is 0 Å².